The Balaban J connectivity index is 1.30. The monoisotopic (exact) mass is 420 g/mol. The Hall–Kier alpha value is -2.70. The van der Waals surface area contributed by atoms with Gasteiger partial charge in [-0.25, -0.2) is 13.1 Å². The summed E-state index contributed by atoms with van der Waals surface area (Å²) < 4.78 is 28.7. The van der Waals surface area contributed by atoms with Crippen molar-refractivity contribution in [2.75, 3.05) is 11.4 Å². The van der Waals surface area contributed by atoms with E-state index in [0.717, 1.165) is 35.8 Å². The smallest absolute Gasteiger partial charge is 0.240 e. The Bertz CT molecular complexity index is 1190. The van der Waals surface area contributed by atoms with Crippen LogP contribution in [-0.2, 0) is 14.8 Å². The minimum atomic E-state index is -3.62. The molecule has 1 saturated carbocycles. The second-order valence-corrected chi connectivity index (χ2v) is 9.92. The van der Waals surface area contributed by atoms with E-state index in [1.165, 1.54) is 0 Å². The molecular weight excluding hydrogens is 396 g/mol. The summed E-state index contributed by atoms with van der Waals surface area (Å²) in [7, 11) is -3.62. The highest BCUT2D eigenvalue weighted by molar-refractivity contribution is 7.89. The highest BCUT2D eigenvalue weighted by Crippen LogP contribution is 2.43. The molecule has 1 aliphatic heterocycles. The standard InChI is InChI=1S/C24H24N2O3S/c27-24-21(11-6-14-26(24)19-9-2-1-3-10-19)22-16-23(22)25-30(28,29)20-13-12-17-7-4-5-8-18(17)15-20/h1-5,7-10,12-13,15,21-23,25H,6,11,14,16H2. The Morgan fingerprint density at radius 3 is 2.43 bits per heavy atom. The molecule has 3 aromatic carbocycles. The van der Waals surface area contributed by atoms with Crippen LogP contribution in [0.3, 0.4) is 0 Å². The van der Waals surface area contributed by atoms with Crippen molar-refractivity contribution in [1.82, 2.24) is 4.72 Å². The van der Waals surface area contributed by atoms with Crippen LogP contribution in [0.4, 0.5) is 5.69 Å². The summed E-state index contributed by atoms with van der Waals surface area (Å²) in [5.74, 6) is 0.0624. The van der Waals surface area contributed by atoms with Crippen molar-refractivity contribution < 1.29 is 13.2 Å². The number of fused-ring (bicyclic) bond motifs is 1. The van der Waals surface area contributed by atoms with E-state index in [4.69, 9.17) is 0 Å². The second-order valence-electron chi connectivity index (χ2n) is 8.21. The Labute approximate surface area is 176 Å². The van der Waals surface area contributed by atoms with E-state index in [9.17, 15) is 13.2 Å². The van der Waals surface area contributed by atoms with E-state index < -0.39 is 10.0 Å². The first-order chi connectivity index (χ1) is 14.5. The molecule has 3 atom stereocenters. The number of hydrogen-bond acceptors (Lipinski definition) is 3. The van der Waals surface area contributed by atoms with Gasteiger partial charge in [-0.05, 0) is 60.2 Å². The first kappa shape index (κ1) is 19.3. The van der Waals surface area contributed by atoms with Crippen LogP contribution in [-0.4, -0.2) is 26.9 Å². The molecule has 1 heterocycles. The first-order valence-electron chi connectivity index (χ1n) is 10.4. The number of hydrogen-bond donors (Lipinski definition) is 1. The van der Waals surface area contributed by atoms with Crippen LogP contribution in [0.25, 0.3) is 10.8 Å². The third-order valence-electron chi connectivity index (χ3n) is 6.24. The number of benzene rings is 3. The molecule has 3 aromatic rings. The zero-order valence-electron chi connectivity index (χ0n) is 16.6. The minimum Gasteiger partial charge on any atom is -0.312 e. The van der Waals surface area contributed by atoms with Gasteiger partial charge < -0.3 is 4.90 Å². The SMILES string of the molecule is O=C1C(C2CC2NS(=O)(=O)c2ccc3ccccc3c2)CCCN1c1ccccc1. The summed E-state index contributed by atoms with van der Waals surface area (Å²) in [5, 5.41) is 1.91. The molecule has 2 aliphatic rings. The van der Waals surface area contributed by atoms with Crippen LogP contribution in [0.2, 0.25) is 0 Å². The van der Waals surface area contributed by atoms with Crippen LogP contribution in [0.15, 0.2) is 77.7 Å². The highest BCUT2D eigenvalue weighted by Gasteiger charge is 2.49. The summed E-state index contributed by atoms with van der Waals surface area (Å²) in [5.41, 5.74) is 0.918. The van der Waals surface area contributed by atoms with Gasteiger partial charge in [-0.2, -0.15) is 0 Å². The van der Waals surface area contributed by atoms with Gasteiger partial charge in [0.15, 0.2) is 0 Å². The van der Waals surface area contributed by atoms with Crippen molar-refractivity contribution in [1.29, 1.82) is 0 Å². The van der Waals surface area contributed by atoms with Gasteiger partial charge in [0.2, 0.25) is 15.9 Å². The average molecular weight is 421 g/mol. The molecule has 30 heavy (non-hydrogen) atoms. The number of sulfonamides is 1. The minimum absolute atomic E-state index is 0.0687. The lowest BCUT2D eigenvalue weighted by molar-refractivity contribution is -0.124. The number of rotatable bonds is 5. The summed E-state index contributed by atoms with van der Waals surface area (Å²) in [6.07, 6.45) is 2.47. The number of carbonyl (C=O) groups excluding carboxylic acids is 1. The molecule has 1 N–H and O–H groups in total. The predicted octanol–water partition coefficient (Wildman–Crippen LogP) is 3.95. The van der Waals surface area contributed by atoms with E-state index in [0.29, 0.717) is 6.42 Å². The van der Waals surface area contributed by atoms with Crippen LogP contribution >= 0.6 is 0 Å². The second kappa shape index (κ2) is 7.52. The third-order valence-corrected chi connectivity index (χ3v) is 7.73. The summed E-state index contributed by atoms with van der Waals surface area (Å²) in [6.45, 7) is 0.722. The fourth-order valence-corrected chi connectivity index (χ4v) is 5.90. The summed E-state index contributed by atoms with van der Waals surface area (Å²) in [6, 6.07) is 22.4. The average Bonchev–Trinajstić information content (AvgIpc) is 3.52. The molecule has 3 unspecified atom stereocenters. The van der Waals surface area contributed by atoms with Gasteiger partial charge >= 0.3 is 0 Å². The van der Waals surface area contributed by atoms with Crippen LogP contribution in [0, 0.1) is 11.8 Å². The largest absolute Gasteiger partial charge is 0.312 e. The van der Waals surface area contributed by atoms with E-state index in [-0.39, 0.29) is 28.7 Å². The fraction of sp³-hybridized carbons (Fsp3) is 0.292. The van der Waals surface area contributed by atoms with Crippen LogP contribution in [0.5, 0.6) is 0 Å². The number of carbonyl (C=O) groups is 1. The lowest BCUT2D eigenvalue weighted by Gasteiger charge is -2.32. The van der Waals surface area contributed by atoms with E-state index in [2.05, 4.69) is 4.72 Å². The fourth-order valence-electron chi connectivity index (χ4n) is 4.56. The molecule has 0 aromatic heterocycles. The number of nitrogens with one attached hydrogen (secondary N) is 1. The number of piperidine rings is 1. The predicted molar refractivity (Wildman–Crippen MR) is 118 cm³/mol. The summed E-state index contributed by atoms with van der Waals surface area (Å²) >= 11 is 0. The van der Waals surface area contributed by atoms with Gasteiger partial charge in [0.1, 0.15) is 0 Å². The molecule has 0 bridgehead atoms. The molecule has 2 fully saturated rings. The number of para-hydroxylation sites is 1. The van der Waals surface area contributed by atoms with E-state index >= 15 is 0 Å². The molecule has 5 nitrogen and oxygen atoms in total. The maximum Gasteiger partial charge on any atom is 0.240 e. The quantitative estimate of drug-likeness (QED) is 0.680. The number of amides is 1. The maximum atomic E-state index is 13.1. The van der Waals surface area contributed by atoms with Gasteiger partial charge in [-0.3, -0.25) is 4.79 Å². The molecular formula is C24H24N2O3S. The normalized spacial score (nSPS) is 24.2. The third kappa shape index (κ3) is 3.61. The van der Waals surface area contributed by atoms with Gasteiger partial charge in [-0.15, -0.1) is 0 Å². The van der Waals surface area contributed by atoms with Crippen molar-refractivity contribution in [3.63, 3.8) is 0 Å². The molecule has 1 amide bonds. The lowest BCUT2D eigenvalue weighted by Crippen LogP contribution is -2.43. The molecule has 6 heteroatoms. The zero-order valence-corrected chi connectivity index (χ0v) is 17.4. The van der Waals surface area contributed by atoms with Crippen molar-refractivity contribution in [3.05, 3.63) is 72.8 Å². The molecule has 0 spiro atoms. The van der Waals surface area contributed by atoms with Crippen molar-refractivity contribution in [2.45, 2.75) is 30.2 Å². The Morgan fingerprint density at radius 1 is 0.900 bits per heavy atom. The Morgan fingerprint density at radius 2 is 1.63 bits per heavy atom. The maximum absolute atomic E-state index is 13.1. The first-order valence-corrected chi connectivity index (χ1v) is 11.9. The molecule has 0 radical (unpaired) electrons. The summed E-state index contributed by atoms with van der Waals surface area (Å²) in [4.78, 5) is 15.2. The molecule has 154 valence electrons. The van der Waals surface area contributed by atoms with Crippen molar-refractivity contribution in [3.8, 4) is 0 Å². The molecule has 1 aliphatic carbocycles. The van der Waals surface area contributed by atoms with Gasteiger partial charge in [0, 0.05) is 24.2 Å². The molecule has 5 rings (SSSR count). The van der Waals surface area contributed by atoms with Gasteiger partial charge in [0.05, 0.1) is 4.90 Å². The zero-order chi connectivity index (χ0) is 20.7. The van der Waals surface area contributed by atoms with Crippen molar-refractivity contribution in [2.24, 2.45) is 11.8 Å². The number of nitrogens with zero attached hydrogens (tertiary/aromatic N) is 1. The van der Waals surface area contributed by atoms with Gasteiger partial charge in [-0.1, -0.05) is 48.5 Å². The highest BCUT2D eigenvalue weighted by atomic mass is 32.2. The van der Waals surface area contributed by atoms with Crippen LogP contribution < -0.4 is 9.62 Å². The topological polar surface area (TPSA) is 66.5 Å². The van der Waals surface area contributed by atoms with E-state index in [1.807, 2.05) is 65.6 Å². The molecule has 1 saturated heterocycles. The van der Waals surface area contributed by atoms with Crippen molar-refractivity contribution >= 4 is 32.4 Å². The van der Waals surface area contributed by atoms with E-state index in [1.54, 1.807) is 12.1 Å². The number of anilines is 1. The lowest BCUT2D eigenvalue weighted by atomic mass is 9.91. The Kier molecular flexibility index (Phi) is 4.83. The van der Waals surface area contributed by atoms with Crippen LogP contribution in [0.1, 0.15) is 19.3 Å². The van der Waals surface area contributed by atoms with Gasteiger partial charge in [0.25, 0.3) is 0 Å².